The summed E-state index contributed by atoms with van der Waals surface area (Å²) in [6.07, 6.45) is 5.19. The van der Waals surface area contributed by atoms with Gasteiger partial charge in [-0.3, -0.25) is 0 Å². The molecule has 3 heteroatoms. The molecule has 0 saturated heterocycles. The van der Waals surface area contributed by atoms with Gasteiger partial charge in [-0.05, 0) is 6.07 Å². The molecule has 0 saturated carbocycles. The maximum atomic E-state index is 4.90. The Labute approximate surface area is 69.3 Å². The first-order valence-electron chi connectivity index (χ1n) is 2.83. The molecule has 0 fully saturated rings. The lowest BCUT2D eigenvalue weighted by Crippen LogP contribution is -1.81. The van der Waals surface area contributed by atoms with Crippen molar-refractivity contribution in [1.29, 1.82) is 0 Å². The van der Waals surface area contributed by atoms with Crippen LogP contribution in [0.3, 0.4) is 0 Å². The summed E-state index contributed by atoms with van der Waals surface area (Å²) < 4.78 is 4.90. The van der Waals surface area contributed by atoms with E-state index in [1.54, 1.807) is 12.5 Å². The Morgan fingerprint density at radius 1 is 1.80 bits per heavy atom. The minimum atomic E-state index is 0.238. The van der Waals surface area contributed by atoms with Crippen LogP contribution in [0.4, 0.5) is 0 Å². The summed E-state index contributed by atoms with van der Waals surface area (Å²) in [7, 11) is 1.44. The molecule has 1 heterocycles. The van der Waals surface area contributed by atoms with Gasteiger partial charge in [0.25, 0.3) is 0 Å². The molecule has 1 aromatic rings. The normalized spacial score (nSPS) is 12.9. The van der Waals surface area contributed by atoms with Gasteiger partial charge in [-0.15, -0.1) is 18.2 Å². The van der Waals surface area contributed by atoms with Crippen LogP contribution in [0.2, 0.25) is 0 Å². The van der Waals surface area contributed by atoms with Gasteiger partial charge < -0.3 is 4.42 Å². The predicted molar refractivity (Wildman–Crippen MR) is 48.2 cm³/mol. The number of rotatable bonds is 3. The zero-order valence-electron chi connectivity index (χ0n) is 5.36. The van der Waals surface area contributed by atoms with Crippen molar-refractivity contribution in [3.8, 4) is 0 Å². The van der Waals surface area contributed by atoms with E-state index in [4.69, 9.17) is 4.42 Å². The zero-order chi connectivity index (χ0) is 7.40. The predicted octanol–water partition coefficient (Wildman–Crippen LogP) is 3.08. The van der Waals surface area contributed by atoms with Gasteiger partial charge >= 0.3 is 0 Å². The van der Waals surface area contributed by atoms with Crippen LogP contribution in [0, 0.1) is 0 Å². The molecular formula is C7H8OS2. The van der Waals surface area contributed by atoms with Crippen LogP contribution in [0.25, 0.3) is 0 Å². The SMILES string of the molecule is C=CC(SS)c1ccoc1. The Morgan fingerprint density at radius 2 is 2.60 bits per heavy atom. The Balaban J connectivity index is 2.73. The van der Waals surface area contributed by atoms with Gasteiger partial charge in [-0.2, -0.15) is 0 Å². The maximum Gasteiger partial charge on any atom is 0.0949 e. The first-order chi connectivity index (χ1) is 4.88. The first kappa shape index (κ1) is 7.82. The minimum absolute atomic E-state index is 0.238. The van der Waals surface area contributed by atoms with Crippen molar-refractivity contribution in [2.24, 2.45) is 0 Å². The van der Waals surface area contributed by atoms with Crippen molar-refractivity contribution in [2.45, 2.75) is 5.25 Å². The highest BCUT2D eigenvalue weighted by Crippen LogP contribution is 2.32. The minimum Gasteiger partial charge on any atom is -0.472 e. The van der Waals surface area contributed by atoms with E-state index in [1.807, 2.05) is 12.1 Å². The van der Waals surface area contributed by atoms with Crippen molar-refractivity contribution < 1.29 is 4.42 Å². The molecule has 0 aromatic carbocycles. The van der Waals surface area contributed by atoms with Crippen LogP contribution < -0.4 is 0 Å². The van der Waals surface area contributed by atoms with Gasteiger partial charge in [0.05, 0.1) is 17.8 Å². The lowest BCUT2D eigenvalue weighted by molar-refractivity contribution is 0.564. The number of furan rings is 1. The largest absolute Gasteiger partial charge is 0.472 e. The Morgan fingerprint density at radius 3 is 3.00 bits per heavy atom. The molecule has 0 bridgehead atoms. The monoisotopic (exact) mass is 172 g/mol. The molecule has 1 nitrogen and oxygen atoms in total. The van der Waals surface area contributed by atoms with Crippen molar-refractivity contribution >= 4 is 22.5 Å². The molecule has 0 aliphatic rings. The lowest BCUT2D eigenvalue weighted by Gasteiger charge is -2.02. The lowest BCUT2D eigenvalue weighted by atomic mass is 10.2. The summed E-state index contributed by atoms with van der Waals surface area (Å²) in [6.45, 7) is 3.68. The highest BCUT2D eigenvalue weighted by Gasteiger charge is 2.05. The average molecular weight is 172 g/mol. The third kappa shape index (κ3) is 1.61. The van der Waals surface area contributed by atoms with E-state index in [2.05, 4.69) is 18.2 Å². The van der Waals surface area contributed by atoms with Crippen LogP contribution in [-0.4, -0.2) is 0 Å². The van der Waals surface area contributed by atoms with Gasteiger partial charge in [-0.1, -0.05) is 16.9 Å². The molecule has 1 atom stereocenters. The fourth-order valence-corrected chi connectivity index (χ4v) is 1.64. The molecule has 0 amide bonds. The summed E-state index contributed by atoms with van der Waals surface area (Å²) in [5.74, 6) is 0. The van der Waals surface area contributed by atoms with E-state index in [0.717, 1.165) is 5.56 Å². The van der Waals surface area contributed by atoms with Gasteiger partial charge in [0.1, 0.15) is 0 Å². The maximum absolute atomic E-state index is 4.90. The Bertz CT molecular complexity index is 193. The van der Waals surface area contributed by atoms with E-state index in [0.29, 0.717) is 0 Å². The third-order valence-corrected chi connectivity index (χ3v) is 2.57. The first-order valence-corrected chi connectivity index (χ1v) is 4.76. The Kier molecular flexibility index (Phi) is 2.96. The van der Waals surface area contributed by atoms with Gasteiger partial charge in [0.15, 0.2) is 0 Å². The fourth-order valence-electron chi connectivity index (χ4n) is 0.677. The topological polar surface area (TPSA) is 13.1 Å². The number of hydrogen-bond acceptors (Lipinski definition) is 3. The quantitative estimate of drug-likeness (QED) is 0.427. The molecule has 10 heavy (non-hydrogen) atoms. The smallest absolute Gasteiger partial charge is 0.0949 e. The zero-order valence-corrected chi connectivity index (χ0v) is 7.07. The number of thiol groups is 1. The molecule has 1 unspecified atom stereocenters. The van der Waals surface area contributed by atoms with Crippen LogP contribution in [0.1, 0.15) is 10.8 Å². The van der Waals surface area contributed by atoms with E-state index in [9.17, 15) is 0 Å². The second-order valence-corrected chi connectivity index (χ2v) is 3.17. The molecule has 54 valence electrons. The molecule has 0 aliphatic heterocycles. The van der Waals surface area contributed by atoms with Crippen molar-refractivity contribution in [2.75, 3.05) is 0 Å². The summed E-state index contributed by atoms with van der Waals surface area (Å²) in [5, 5.41) is 0.238. The van der Waals surface area contributed by atoms with E-state index in [1.165, 1.54) is 10.8 Å². The van der Waals surface area contributed by atoms with E-state index >= 15 is 0 Å². The van der Waals surface area contributed by atoms with E-state index < -0.39 is 0 Å². The van der Waals surface area contributed by atoms with Crippen LogP contribution >= 0.6 is 22.5 Å². The number of hydrogen-bond donors (Lipinski definition) is 1. The van der Waals surface area contributed by atoms with Crippen LogP contribution in [0.5, 0.6) is 0 Å². The van der Waals surface area contributed by atoms with Gasteiger partial charge in [0, 0.05) is 5.56 Å². The summed E-state index contributed by atoms with van der Waals surface area (Å²) >= 11 is 4.09. The molecule has 1 aromatic heterocycles. The van der Waals surface area contributed by atoms with Crippen molar-refractivity contribution in [1.82, 2.24) is 0 Å². The summed E-state index contributed by atoms with van der Waals surface area (Å²) in [5.41, 5.74) is 1.11. The molecular weight excluding hydrogens is 164 g/mol. The molecule has 0 radical (unpaired) electrons. The molecule has 0 N–H and O–H groups in total. The highest BCUT2D eigenvalue weighted by atomic mass is 33.1. The standard InChI is InChI=1S/C7H8OS2/c1-2-7(10-9)6-3-4-8-5-6/h2-5,7,9H,1H2. The molecule has 0 spiro atoms. The average Bonchev–Trinajstić information content (AvgIpc) is 2.43. The van der Waals surface area contributed by atoms with Crippen molar-refractivity contribution in [3.63, 3.8) is 0 Å². The molecule has 1 rings (SSSR count). The highest BCUT2D eigenvalue weighted by molar-refractivity contribution is 8.68. The summed E-state index contributed by atoms with van der Waals surface area (Å²) in [4.78, 5) is 0. The van der Waals surface area contributed by atoms with Crippen LogP contribution in [0.15, 0.2) is 35.7 Å². The summed E-state index contributed by atoms with van der Waals surface area (Å²) in [6, 6.07) is 1.91. The Hall–Kier alpha value is -0.280. The van der Waals surface area contributed by atoms with E-state index in [-0.39, 0.29) is 5.25 Å². The van der Waals surface area contributed by atoms with Crippen LogP contribution in [-0.2, 0) is 0 Å². The van der Waals surface area contributed by atoms with Gasteiger partial charge in [-0.25, -0.2) is 0 Å². The van der Waals surface area contributed by atoms with Crippen molar-refractivity contribution in [3.05, 3.63) is 36.8 Å². The third-order valence-electron chi connectivity index (χ3n) is 1.20. The second kappa shape index (κ2) is 3.78. The van der Waals surface area contributed by atoms with Gasteiger partial charge in [0.2, 0.25) is 0 Å². The second-order valence-electron chi connectivity index (χ2n) is 1.82. The molecule has 0 aliphatic carbocycles. The fraction of sp³-hybridized carbons (Fsp3) is 0.143.